The molecule has 4 heteroatoms. The van der Waals surface area contributed by atoms with Gasteiger partial charge >= 0.3 is 0 Å². The Balaban J connectivity index is 1.49. The molecule has 18 heavy (non-hydrogen) atoms. The molecule has 1 aliphatic carbocycles. The van der Waals surface area contributed by atoms with Crippen molar-refractivity contribution in [2.24, 2.45) is 11.8 Å². The van der Waals surface area contributed by atoms with Gasteiger partial charge in [0.2, 0.25) is 0 Å². The molecule has 2 saturated heterocycles. The topological polar surface area (TPSA) is 35.9 Å². The number of fused-ring (bicyclic) bond motifs is 1. The second kappa shape index (κ2) is 5.45. The molecular formula is C14H26N2O2. The van der Waals surface area contributed by atoms with E-state index in [4.69, 9.17) is 4.74 Å². The van der Waals surface area contributed by atoms with Crippen LogP contribution >= 0.6 is 0 Å². The number of hydrogen-bond acceptors (Lipinski definition) is 4. The Morgan fingerprint density at radius 2 is 2.06 bits per heavy atom. The molecule has 0 amide bonds. The van der Waals surface area contributed by atoms with Crippen LogP contribution in [0.2, 0.25) is 0 Å². The fraction of sp³-hybridized carbons (Fsp3) is 1.00. The number of likely N-dealkylation sites (N-methyl/N-ethyl adjacent to an activating group) is 1. The Labute approximate surface area is 110 Å². The summed E-state index contributed by atoms with van der Waals surface area (Å²) < 4.78 is 5.88. The van der Waals surface area contributed by atoms with Gasteiger partial charge in [0.1, 0.15) is 0 Å². The summed E-state index contributed by atoms with van der Waals surface area (Å²) in [5, 5.41) is 9.94. The second-order valence-corrected chi connectivity index (χ2v) is 6.17. The van der Waals surface area contributed by atoms with Crippen LogP contribution < -0.4 is 0 Å². The fourth-order valence-corrected chi connectivity index (χ4v) is 3.94. The molecule has 2 heterocycles. The van der Waals surface area contributed by atoms with E-state index >= 15 is 0 Å². The summed E-state index contributed by atoms with van der Waals surface area (Å²) in [7, 11) is 0. The molecule has 3 rings (SSSR count). The van der Waals surface area contributed by atoms with Crippen molar-refractivity contribution in [3.63, 3.8) is 0 Å². The van der Waals surface area contributed by atoms with E-state index in [1.54, 1.807) is 0 Å². The molecule has 0 spiro atoms. The van der Waals surface area contributed by atoms with Crippen LogP contribution in [0.4, 0.5) is 0 Å². The molecule has 4 unspecified atom stereocenters. The van der Waals surface area contributed by atoms with Gasteiger partial charge in [0.15, 0.2) is 0 Å². The predicted molar refractivity (Wildman–Crippen MR) is 70.5 cm³/mol. The Morgan fingerprint density at radius 1 is 1.17 bits per heavy atom. The monoisotopic (exact) mass is 254 g/mol. The van der Waals surface area contributed by atoms with Crippen molar-refractivity contribution in [1.29, 1.82) is 0 Å². The van der Waals surface area contributed by atoms with Crippen LogP contribution in [0, 0.1) is 11.8 Å². The van der Waals surface area contributed by atoms with Crippen molar-refractivity contribution in [3.8, 4) is 0 Å². The maximum atomic E-state index is 9.94. The smallest absolute Gasteiger partial charge is 0.0829 e. The van der Waals surface area contributed by atoms with E-state index in [0.717, 1.165) is 51.7 Å². The summed E-state index contributed by atoms with van der Waals surface area (Å²) in [6.45, 7) is 9.69. The summed E-state index contributed by atoms with van der Waals surface area (Å²) in [5.74, 6) is 1.28. The Hall–Kier alpha value is -0.160. The lowest BCUT2D eigenvalue weighted by Gasteiger charge is -2.34. The zero-order valence-corrected chi connectivity index (χ0v) is 11.4. The molecule has 3 aliphatic rings. The largest absolute Gasteiger partial charge is 0.393 e. The van der Waals surface area contributed by atoms with Crippen molar-refractivity contribution >= 4 is 0 Å². The Morgan fingerprint density at radius 3 is 2.83 bits per heavy atom. The van der Waals surface area contributed by atoms with Crippen molar-refractivity contribution in [2.75, 3.05) is 45.9 Å². The van der Waals surface area contributed by atoms with Crippen LogP contribution in [0.1, 0.15) is 19.8 Å². The minimum Gasteiger partial charge on any atom is -0.393 e. The Bertz CT molecular complexity index is 287. The highest BCUT2D eigenvalue weighted by atomic mass is 16.5. The average molecular weight is 254 g/mol. The van der Waals surface area contributed by atoms with Gasteiger partial charge in [0, 0.05) is 38.6 Å². The van der Waals surface area contributed by atoms with Gasteiger partial charge in [0.25, 0.3) is 0 Å². The first-order valence-corrected chi connectivity index (χ1v) is 7.50. The van der Waals surface area contributed by atoms with Gasteiger partial charge in [-0.05, 0) is 25.3 Å². The maximum absolute atomic E-state index is 9.94. The van der Waals surface area contributed by atoms with Gasteiger partial charge < -0.3 is 14.7 Å². The molecule has 104 valence electrons. The van der Waals surface area contributed by atoms with Gasteiger partial charge in [0.05, 0.1) is 18.8 Å². The van der Waals surface area contributed by atoms with Crippen LogP contribution in [0.3, 0.4) is 0 Å². The van der Waals surface area contributed by atoms with Crippen molar-refractivity contribution in [1.82, 2.24) is 9.80 Å². The molecule has 1 saturated carbocycles. The zero-order valence-electron chi connectivity index (χ0n) is 11.4. The lowest BCUT2D eigenvalue weighted by Crippen LogP contribution is -2.47. The summed E-state index contributed by atoms with van der Waals surface area (Å²) in [6.07, 6.45) is 2.57. The molecule has 0 aromatic rings. The summed E-state index contributed by atoms with van der Waals surface area (Å²) in [4.78, 5) is 4.99. The minimum absolute atomic E-state index is 0.0422. The standard InChI is InChI=1S/C14H26N2O2/c1-2-15-5-6-18-12(8-15)9-16-7-11-3-4-14(17)13(11)10-16/h11-14,17H,2-10H2,1H3. The molecule has 4 atom stereocenters. The fourth-order valence-electron chi connectivity index (χ4n) is 3.94. The zero-order chi connectivity index (χ0) is 12.5. The predicted octanol–water partition coefficient (Wildman–Crippen LogP) is 0.410. The number of morpholine rings is 1. The summed E-state index contributed by atoms with van der Waals surface area (Å²) >= 11 is 0. The van der Waals surface area contributed by atoms with E-state index in [1.807, 2.05) is 0 Å². The van der Waals surface area contributed by atoms with E-state index in [-0.39, 0.29) is 6.10 Å². The molecule has 2 aliphatic heterocycles. The highest BCUT2D eigenvalue weighted by Crippen LogP contribution is 2.38. The third-order valence-electron chi connectivity index (χ3n) is 5.03. The number of ether oxygens (including phenoxy) is 1. The van der Waals surface area contributed by atoms with Gasteiger partial charge in [-0.3, -0.25) is 4.90 Å². The lowest BCUT2D eigenvalue weighted by atomic mass is 10.00. The van der Waals surface area contributed by atoms with Crippen molar-refractivity contribution in [2.45, 2.75) is 32.0 Å². The molecule has 4 nitrogen and oxygen atoms in total. The van der Waals surface area contributed by atoms with Crippen LogP contribution in [-0.2, 0) is 4.74 Å². The van der Waals surface area contributed by atoms with E-state index < -0.39 is 0 Å². The molecule has 3 fully saturated rings. The minimum atomic E-state index is -0.0422. The molecular weight excluding hydrogens is 228 g/mol. The molecule has 0 radical (unpaired) electrons. The highest BCUT2D eigenvalue weighted by molar-refractivity contribution is 4.94. The number of likely N-dealkylation sites (tertiary alicyclic amines) is 1. The first-order chi connectivity index (χ1) is 8.76. The Kier molecular flexibility index (Phi) is 3.89. The molecule has 0 aromatic carbocycles. The van der Waals surface area contributed by atoms with Gasteiger partial charge in [-0.2, -0.15) is 0 Å². The summed E-state index contributed by atoms with van der Waals surface area (Å²) in [5.41, 5.74) is 0. The van der Waals surface area contributed by atoms with E-state index in [1.165, 1.54) is 13.0 Å². The van der Waals surface area contributed by atoms with E-state index in [0.29, 0.717) is 12.0 Å². The van der Waals surface area contributed by atoms with Gasteiger partial charge in [-0.15, -0.1) is 0 Å². The lowest BCUT2D eigenvalue weighted by molar-refractivity contribution is -0.0406. The normalized spacial score (nSPS) is 42.3. The average Bonchev–Trinajstić information content (AvgIpc) is 2.92. The molecule has 0 bridgehead atoms. The number of nitrogens with zero attached hydrogens (tertiary/aromatic N) is 2. The highest BCUT2D eigenvalue weighted by Gasteiger charge is 2.42. The van der Waals surface area contributed by atoms with Crippen LogP contribution in [-0.4, -0.2) is 73.0 Å². The quantitative estimate of drug-likeness (QED) is 0.791. The maximum Gasteiger partial charge on any atom is 0.0829 e. The first-order valence-electron chi connectivity index (χ1n) is 7.50. The molecule has 1 N–H and O–H groups in total. The van der Waals surface area contributed by atoms with Gasteiger partial charge in [-0.25, -0.2) is 0 Å². The third kappa shape index (κ3) is 2.57. The first kappa shape index (κ1) is 12.9. The second-order valence-electron chi connectivity index (χ2n) is 6.17. The van der Waals surface area contributed by atoms with Crippen LogP contribution in [0.15, 0.2) is 0 Å². The number of rotatable bonds is 3. The van der Waals surface area contributed by atoms with E-state index in [9.17, 15) is 5.11 Å². The van der Waals surface area contributed by atoms with Crippen LogP contribution in [0.5, 0.6) is 0 Å². The van der Waals surface area contributed by atoms with Crippen molar-refractivity contribution < 1.29 is 9.84 Å². The number of hydrogen-bond donors (Lipinski definition) is 1. The number of aliphatic hydroxyl groups excluding tert-OH is 1. The van der Waals surface area contributed by atoms with E-state index in [2.05, 4.69) is 16.7 Å². The van der Waals surface area contributed by atoms with Gasteiger partial charge in [-0.1, -0.05) is 6.92 Å². The summed E-state index contributed by atoms with van der Waals surface area (Å²) in [6, 6.07) is 0. The van der Waals surface area contributed by atoms with Crippen molar-refractivity contribution in [3.05, 3.63) is 0 Å². The molecule has 0 aromatic heterocycles. The van der Waals surface area contributed by atoms with Crippen LogP contribution in [0.25, 0.3) is 0 Å². The SMILES string of the molecule is CCN1CCOC(CN2CC3CCC(O)C3C2)C1. The third-order valence-corrected chi connectivity index (χ3v) is 5.03. The number of aliphatic hydroxyl groups is 1.